The van der Waals surface area contributed by atoms with Crippen LogP contribution in [-0.2, 0) is 0 Å². The van der Waals surface area contributed by atoms with Crippen molar-refractivity contribution in [3.8, 4) is 5.69 Å². The van der Waals surface area contributed by atoms with Crippen LogP contribution in [-0.4, -0.2) is 15.8 Å². The van der Waals surface area contributed by atoms with Gasteiger partial charge in [-0.1, -0.05) is 72.8 Å². The summed E-state index contributed by atoms with van der Waals surface area (Å²) in [5.41, 5.74) is 8.17. The number of hydrogen-bond acceptors (Lipinski definition) is 2. The van der Waals surface area contributed by atoms with Gasteiger partial charge in [-0.3, -0.25) is 0 Å². The minimum atomic E-state index is 0.857. The first-order valence-corrected chi connectivity index (χ1v) is 11.7. The average Bonchev–Trinajstić information content (AvgIpc) is 3.46. The summed E-state index contributed by atoms with van der Waals surface area (Å²) in [6.07, 6.45) is 1.47. The molecule has 4 heteroatoms. The number of aromatic nitrogens is 2. The average molecular weight is 451 g/mol. The molecule has 0 amide bonds. The summed E-state index contributed by atoms with van der Waals surface area (Å²) in [6.45, 7) is 0. The first-order valence-electron chi connectivity index (χ1n) is 11.7. The summed E-state index contributed by atoms with van der Waals surface area (Å²) in [6, 6.07) is 37.7. The first-order chi connectivity index (χ1) is 17.3. The number of fused-ring (bicyclic) bond motifs is 6. The minimum Gasteiger partial charge on any atom is -0.353 e. The van der Waals surface area contributed by atoms with E-state index in [0.717, 1.165) is 50.1 Å². The van der Waals surface area contributed by atoms with E-state index in [1.807, 2.05) is 12.1 Å². The molecule has 7 rings (SSSR count). The van der Waals surface area contributed by atoms with E-state index in [4.69, 9.17) is 5.41 Å². The zero-order valence-corrected chi connectivity index (χ0v) is 18.9. The van der Waals surface area contributed by atoms with Crippen LogP contribution in [0.15, 0.2) is 109 Å². The molecule has 0 aliphatic rings. The van der Waals surface area contributed by atoms with Crippen molar-refractivity contribution in [2.45, 2.75) is 0 Å². The highest BCUT2D eigenvalue weighted by Gasteiger charge is 2.18. The standard InChI is InChI=1S/C31H22N4/c32-19-25-27(33-28-15-8-13-23-21-11-4-6-14-26(21)34-30(23)28)18-17-24-22-12-5-7-16-29(22)35(31(24)25)20-9-2-1-3-10-20/h1-19,32-34H. The molecular weight excluding hydrogens is 428 g/mol. The van der Waals surface area contributed by atoms with Crippen LogP contribution in [0, 0.1) is 5.41 Å². The van der Waals surface area contributed by atoms with Crippen LogP contribution in [0.25, 0.3) is 49.3 Å². The third-order valence-corrected chi connectivity index (χ3v) is 6.85. The highest BCUT2D eigenvalue weighted by molar-refractivity contribution is 6.17. The van der Waals surface area contributed by atoms with E-state index < -0.39 is 0 Å². The summed E-state index contributed by atoms with van der Waals surface area (Å²) in [7, 11) is 0. The van der Waals surface area contributed by atoms with Crippen LogP contribution in [0.2, 0.25) is 0 Å². The van der Waals surface area contributed by atoms with Gasteiger partial charge in [-0.15, -0.1) is 0 Å². The molecule has 166 valence electrons. The van der Waals surface area contributed by atoms with Gasteiger partial charge in [0, 0.05) is 50.2 Å². The van der Waals surface area contributed by atoms with Crippen molar-refractivity contribution in [2.75, 3.05) is 5.32 Å². The molecule has 0 atom stereocenters. The zero-order chi connectivity index (χ0) is 23.4. The Hall–Kier alpha value is -4.83. The fourth-order valence-corrected chi connectivity index (χ4v) is 5.31. The van der Waals surface area contributed by atoms with Crippen LogP contribution in [0.4, 0.5) is 11.4 Å². The van der Waals surface area contributed by atoms with Gasteiger partial charge in [-0.05, 0) is 36.4 Å². The molecule has 0 spiro atoms. The van der Waals surface area contributed by atoms with Gasteiger partial charge in [0.15, 0.2) is 0 Å². The lowest BCUT2D eigenvalue weighted by Crippen LogP contribution is -2.01. The van der Waals surface area contributed by atoms with Gasteiger partial charge in [-0.2, -0.15) is 0 Å². The molecule has 0 saturated carbocycles. The van der Waals surface area contributed by atoms with Crippen molar-refractivity contribution in [3.63, 3.8) is 0 Å². The summed E-state index contributed by atoms with van der Waals surface area (Å²) in [4.78, 5) is 3.58. The van der Waals surface area contributed by atoms with Crippen molar-refractivity contribution in [1.29, 1.82) is 5.41 Å². The van der Waals surface area contributed by atoms with Crippen molar-refractivity contribution >= 4 is 61.2 Å². The molecule has 35 heavy (non-hydrogen) atoms. The highest BCUT2D eigenvalue weighted by atomic mass is 15.0. The third kappa shape index (κ3) is 2.90. The highest BCUT2D eigenvalue weighted by Crippen LogP contribution is 2.38. The van der Waals surface area contributed by atoms with Gasteiger partial charge in [-0.25, -0.2) is 0 Å². The quantitative estimate of drug-likeness (QED) is 0.233. The Balaban J connectivity index is 1.49. The molecule has 0 aliphatic carbocycles. The van der Waals surface area contributed by atoms with E-state index in [2.05, 4.69) is 112 Å². The minimum absolute atomic E-state index is 0.857. The Bertz CT molecular complexity index is 1890. The number of hydrogen-bond donors (Lipinski definition) is 3. The van der Waals surface area contributed by atoms with Crippen LogP contribution in [0.5, 0.6) is 0 Å². The maximum Gasteiger partial charge on any atom is 0.0704 e. The normalized spacial score (nSPS) is 11.5. The lowest BCUT2D eigenvalue weighted by atomic mass is 10.1. The van der Waals surface area contributed by atoms with Crippen LogP contribution < -0.4 is 5.32 Å². The fraction of sp³-hybridized carbons (Fsp3) is 0. The maximum atomic E-state index is 8.43. The second-order valence-electron chi connectivity index (χ2n) is 8.78. The molecule has 4 nitrogen and oxygen atoms in total. The van der Waals surface area contributed by atoms with E-state index in [9.17, 15) is 0 Å². The van der Waals surface area contributed by atoms with Crippen LogP contribution in [0.3, 0.4) is 0 Å². The molecule has 7 aromatic rings. The van der Waals surface area contributed by atoms with Gasteiger partial charge in [0.1, 0.15) is 0 Å². The Morgan fingerprint density at radius 2 is 1.37 bits per heavy atom. The van der Waals surface area contributed by atoms with Crippen molar-refractivity contribution in [3.05, 3.63) is 115 Å². The van der Waals surface area contributed by atoms with Crippen molar-refractivity contribution in [1.82, 2.24) is 9.55 Å². The number of anilines is 2. The van der Waals surface area contributed by atoms with Gasteiger partial charge < -0.3 is 20.3 Å². The number of nitrogens with zero attached hydrogens (tertiary/aromatic N) is 1. The molecule has 0 aliphatic heterocycles. The Labute approximate surface area is 202 Å². The number of H-pyrrole nitrogens is 1. The largest absolute Gasteiger partial charge is 0.353 e. The van der Waals surface area contributed by atoms with Crippen molar-refractivity contribution in [2.24, 2.45) is 0 Å². The van der Waals surface area contributed by atoms with Gasteiger partial charge >= 0.3 is 0 Å². The van der Waals surface area contributed by atoms with Crippen LogP contribution in [0.1, 0.15) is 5.56 Å². The molecular formula is C31H22N4. The van der Waals surface area contributed by atoms with E-state index in [0.29, 0.717) is 0 Å². The second-order valence-corrected chi connectivity index (χ2v) is 8.78. The summed E-state index contributed by atoms with van der Waals surface area (Å²) >= 11 is 0. The molecule has 3 N–H and O–H groups in total. The summed E-state index contributed by atoms with van der Waals surface area (Å²) < 4.78 is 2.26. The van der Waals surface area contributed by atoms with Gasteiger partial charge in [0.2, 0.25) is 0 Å². The molecule has 0 unspecified atom stereocenters. The Kier molecular flexibility index (Phi) is 4.26. The second kappa shape index (κ2) is 7.61. The van der Waals surface area contributed by atoms with E-state index in [-0.39, 0.29) is 0 Å². The van der Waals surface area contributed by atoms with Crippen molar-refractivity contribution < 1.29 is 0 Å². The lowest BCUT2D eigenvalue weighted by Gasteiger charge is -2.14. The van der Waals surface area contributed by atoms with Crippen LogP contribution >= 0.6 is 0 Å². The topological polar surface area (TPSA) is 56.6 Å². The first kappa shape index (κ1) is 19.6. The Morgan fingerprint density at radius 1 is 0.629 bits per heavy atom. The zero-order valence-electron chi connectivity index (χ0n) is 18.9. The smallest absolute Gasteiger partial charge is 0.0704 e. The fourth-order valence-electron chi connectivity index (χ4n) is 5.31. The SMILES string of the molecule is N=Cc1c(Nc2cccc3c2[nH]c2ccccc23)ccc2c3ccccc3n(-c3ccccc3)c12. The summed E-state index contributed by atoms with van der Waals surface area (Å²) in [5, 5.41) is 16.8. The maximum absolute atomic E-state index is 8.43. The summed E-state index contributed by atoms with van der Waals surface area (Å²) in [5.74, 6) is 0. The molecule has 0 saturated heterocycles. The van der Waals surface area contributed by atoms with E-state index in [1.54, 1.807) is 0 Å². The molecule has 5 aromatic carbocycles. The molecule has 2 heterocycles. The Morgan fingerprint density at radius 3 is 2.23 bits per heavy atom. The number of para-hydroxylation sites is 4. The van der Waals surface area contributed by atoms with E-state index in [1.165, 1.54) is 22.4 Å². The monoisotopic (exact) mass is 450 g/mol. The molecule has 0 bridgehead atoms. The number of rotatable bonds is 4. The predicted octanol–water partition coefficient (Wildman–Crippen LogP) is 8.16. The predicted molar refractivity (Wildman–Crippen MR) is 148 cm³/mol. The molecule has 2 aromatic heterocycles. The number of benzene rings is 5. The molecule has 0 radical (unpaired) electrons. The number of aromatic amines is 1. The molecule has 0 fully saturated rings. The van der Waals surface area contributed by atoms with E-state index >= 15 is 0 Å². The van der Waals surface area contributed by atoms with Gasteiger partial charge in [0.05, 0.1) is 22.2 Å². The third-order valence-electron chi connectivity index (χ3n) is 6.85. The lowest BCUT2D eigenvalue weighted by molar-refractivity contribution is 1.18. The number of nitrogens with one attached hydrogen (secondary N) is 3. The van der Waals surface area contributed by atoms with Gasteiger partial charge in [0.25, 0.3) is 0 Å².